The minimum absolute atomic E-state index is 0.105. The van der Waals surface area contributed by atoms with Gasteiger partial charge in [0.25, 0.3) is 11.8 Å². The van der Waals surface area contributed by atoms with Crippen molar-refractivity contribution in [3.8, 4) is 0 Å². The largest absolute Gasteiger partial charge is 0.324 e. The summed E-state index contributed by atoms with van der Waals surface area (Å²) < 4.78 is 27.5. The molecule has 0 bridgehead atoms. The SMILES string of the molecule is Cc1ccc(S(=O)(=O)N2CCCCC2)cc1NC(=O)C(C)N1C(=O)c2ccccc2C1=O. The van der Waals surface area contributed by atoms with E-state index < -0.39 is 33.8 Å². The Morgan fingerprint density at radius 3 is 2.16 bits per heavy atom. The van der Waals surface area contributed by atoms with Gasteiger partial charge in [-0.3, -0.25) is 19.3 Å². The first-order valence-corrected chi connectivity index (χ1v) is 12.0. The van der Waals surface area contributed by atoms with Crippen LogP contribution in [0.15, 0.2) is 47.4 Å². The molecule has 2 aliphatic heterocycles. The Morgan fingerprint density at radius 1 is 0.969 bits per heavy atom. The first-order chi connectivity index (χ1) is 15.2. The van der Waals surface area contributed by atoms with E-state index in [1.54, 1.807) is 37.3 Å². The maximum Gasteiger partial charge on any atom is 0.262 e. The molecule has 2 aromatic rings. The number of fused-ring (bicyclic) bond motifs is 1. The molecule has 9 heteroatoms. The number of hydrogen-bond acceptors (Lipinski definition) is 5. The highest BCUT2D eigenvalue weighted by Gasteiger charge is 2.40. The molecular formula is C23H25N3O5S. The van der Waals surface area contributed by atoms with Crippen molar-refractivity contribution in [3.05, 3.63) is 59.2 Å². The van der Waals surface area contributed by atoms with E-state index in [4.69, 9.17) is 0 Å². The molecule has 2 aromatic carbocycles. The molecule has 32 heavy (non-hydrogen) atoms. The predicted octanol–water partition coefficient (Wildman–Crippen LogP) is 2.79. The highest BCUT2D eigenvalue weighted by atomic mass is 32.2. The molecule has 1 saturated heterocycles. The summed E-state index contributed by atoms with van der Waals surface area (Å²) >= 11 is 0. The molecule has 168 valence electrons. The number of aryl methyl sites for hydroxylation is 1. The number of sulfonamides is 1. The van der Waals surface area contributed by atoms with Crippen LogP contribution in [0.3, 0.4) is 0 Å². The van der Waals surface area contributed by atoms with E-state index in [1.165, 1.54) is 23.4 Å². The number of nitrogens with one attached hydrogen (secondary N) is 1. The van der Waals surface area contributed by atoms with Crippen molar-refractivity contribution in [2.75, 3.05) is 18.4 Å². The third-order valence-corrected chi connectivity index (χ3v) is 7.91. The molecule has 0 radical (unpaired) electrons. The fraction of sp³-hybridized carbons (Fsp3) is 0.348. The van der Waals surface area contributed by atoms with Gasteiger partial charge >= 0.3 is 0 Å². The Labute approximate surface area is 187 Å². The van der Waals surface area contributed by atoms with Gasteiger partial charge in [-0.15, -0.1) is 0 Å². The Balaban J connectivity index is 1.55. The summed E-state index contributed by atoms with van der Waals surface area (Å²) in [5.41, 5.74) is 1.54. The fourth-order valence-corrected chi connectivity index (χ4v) is 5.61. The van der Waals surface area contributed by atoms with Crippen LogP contribution in [0.4, 0.5) is 5.69 Å². The normalized spacial score (nSPS) is 17.9. The number of imide groups is 1. The van der Waals surface area contributed by atoms with Crippen LogP contribution in [0.5, 0.6) is 0 Å². The summed E-state index contributed by atoms with van der Waals surface area (Å²) in [5, 5.41) is 2.70. The lowest BCUT2D eigenvalue weighted by Crippen LogP contribution is -2.45. The van der Waals surface area contributed by atoms with E-state index in [-0.39, 0.29) is 16.0 Å². The smallest absolute Gasteiger partial charge is 0.262 e. The van der Waals surface area contributed by atoms with E-state index in [0.717, 1.165) is 24.2 Å². The molecule has 1 N–H and O–H groups in total. The molecule has 0 spiro atoms. The van der Waals surface area contributed by atoms with Crippen molar-refractivity contribution >= 4 is 33.4 Å². The molecular weight excluding hydrogens is 430 g/mol. The number of anilines is 1. The van der Waals surface area contributed by atoms with E-state index in [2.05, 4.69) is 5.32 Å². The van der Waals surface area contributed by atoms with Gasteiger partial charge in [-0.1, -0.05) is 24.6 Å². The molecule has 1 fully saturated rings. The summed E-state index contributed by atoms with van der Waals surface area (Å²) in [6.45, 7) is 4.18. The Hall–Kier alpha value is -3.04. The highest BCUT2D eigenvalue weighted by molar-refractivity contribution is 7.89. The van der Waals surface area contributed by atoms with Gasteiger partial charge in [-0.25, -0.2) is 8.42 Å². The van der Waals surface area contributed by atoms with Crippen molar-refractivity contribution in [2.24, 2.45) is 0 Å². The van der Waals surface area contributed by atoms with Gasteiger partial charge in [0.1, 0.15) is 6.04 Å². The first kappa shape index (κ1) is 22.2. The molecule has 3 amide bonds. The van der Waals surface area contributed by atoms with Gasteiger partial charge in [0.05, 0.1) is 16.0 Å². The number of carbonyl (C=O) groups is 3. The monoisotopic (exact) mass is 455 g/mol. The summed E-state index contributed by atoms with van der Waals surface area (Å²) in [4.78, 5) is 39.3. The number of amides is 3. The molecule has 1 atom stereocenters. The van der Waals surface area contributed by atoms with Crippen LogP contribution in [0.25, 0.3) is 0 Å². The lowest BCUT2D eigenvalue weighted by atomic mass is 10.1. The first-order valence-electron chi connectivity index (χ1n) is 10.6. The zero-order valence-corrected chi connectivity index (χ0v) is 18.8. The zero-order valence-electron chi connectivity index (χ0n) is 18.0. The second kappa shape index (κ2) is 8.48. The van der Waals surface area contributed by atoms with Gasteiger partial charge in [0.15, 0.2) is 0 Å². The van der Waals surface area contributed by atoms with Crippen LogP contribution in [0.1, 0.15) is 52.5 Å². The Bertz CT molecular complexity index is 1170. The molecule has 0 aromatic heterocycles. The maximum absolute atomic E-state index is 13.0. The van der Waals surface area contributed by atoms with Gasteiger partial charge in [-0.2, -0.15) is 4.31 Å². The number of nitrogens with zero attached hydrogens (tertiary/aromatic N) is 2. The Kier molecular flexibility index (Phi) is 5.87. The zero-order chi connectivity index (χ0) is 23.0. The quantitative estimate of drug-likeness (QED) is 0.698. The maximum atomic E-state index is 13.0. The van der Waals surface area contributed by atoms with Gasteiger partial charge in [0.2, 0.25) is 15.9 Å². The number of benzene rings is 2. The predicted molar refractivity (Wildman–Crippen MR) is 119 cm³/mol. The third-order valence-electron chi connectivity index (χ3n) is 6.01. The van der Waals surface area contributed by atoms with Crippen LogP contribution in [-0.4, -0.2) is 54.5 Å². The minimum atomic E-state index is -3.66. The molecule has 2 aliphatic rings. The summed E-state index contributed by atoms with van der Waals surface area (Å²) in [6.07, 6.45) is 2.66. The molecule has 0 aliphatic carbocycles. The van der Waals surface area contributed by atoms with Gasteiger partial charge < -0.3 is 5.32 Å². The van der Waals surface area contributed by atoms with E-state index in [9.17, 15) is 22.8 Å². The minimum Gasteiger partial charge on any atom is -0.324 e. The lowest BCUT2D eigenvalue weighted by Gasteiger charge is -2.26. The lowest BCUT2D eigenvalue weighted by molar-refractivity contribution is -0.119. The van der Waals surface area contributed by atoms with E-state index in [0.29, 0.717) is 24.3 Å². The molecule has 0 saturated carbocycles. The average molecular weight is 456 g/mol. The van der Waals surface area contributed by atoms with Crippen molar-refractivity contribution in [1.29, 1.82) is 0 Å². The van der Waals surface area contributed by atoms with Crippen molar-refractivity contribution < 1.29 is 22.8 Å². The number of rotatable bonds is 5. The van der Waals surface area contributed by atoms with Crippen LogP contribution >= 0.6 is 0 Å². The molecule has 1 unspecified atom stereocenters. The summed E-state index contributed by atoms with van der Waals surface area (Å²) in [6, 6.07) is 9.97. The Morgan fingerprint density at radius 2 is 1.56 bits per heavy atom. The number of piperidine rings is 1. The average Bonchev–Trinajstić information content (AvgIpc) is 3.05. The summed E-state index contributed by atoms with van der Waals surface area (Å²) in [7, 11) is -3.66. The number of carbonyl (C=O) groups excluding carboxylic acids is 3. The van der Waals surface area contributed by atoms with Gasteiger partial charge in [-0.05, 0) is 56.5 Å². The van der Waals surface area contributed by atoms with Crippen LogP contribution in [0.2, 0.25) is 0 Å². The second-order valence-corrected chi connectivity index (χ2v) is 10.1. The molecule has 4 rings (SSSR count). The van der Waals surface area contributed by atoms with Crippen LogP contribution < -0.4 is 5.32 Å². The third kappa shape index (κ3) is 3.82. The van der Waals surface area contributed by atoms with E-state index >= 15 is 0 Å². The van der Waals surface area contributed by atoms with E-state index in [1.807, 2.05) is 0 Å². The molecule has 8 nitrogen and oxygen atoms in total. The van der Waals surface area contributed by atoms with Crippen molar-refractivity contribution in [3.63, 3.8) is 0 Å². The molecule has 2 heterocycles. The highest BCUT2D eigenvalue weighted by Crippen LogP contribution is 2.27. The summed E-state index contributed by atoms with van der Waals surface area (Å²) in [5.74, 6) is -1.62. The van der Waals surface area contributed by atoms with Crippen molar-refractivity contribution in [2.45, 2.75) is 44.0 Å². The van der Waals surface area contributed by atoms with Crippen LogP contribution in [-0.2, 0) is 14.8 Å². The fourth-order valence-electron chi connectivity index (χ4n) is 4.06. The van der Waals surface area contributed by atoms with Gasteiger partial charge in [0, 0.05) is 18.8 Å². The second-order valence-electron chi connectivity index (χ2n) is 8.13. The number of hydrogen-bond donors (Lipinski definition) is 1. The standard InChI is InChI=1S/C23H25N3O5S/c1-15-10-11-17(32(30,31)25-12-6-3-7-13-25)14-20(15)24-21(27)16(2)26-22(28)18-8-4-5-9-19(18)23(26)29/h4-5,8-11,14,16H,3,6-7,12-13H2,1-2H3,(H,24,27). The topological polar surface area (TPSA) is 104 Å². The van der Waals surface area contributed by atoms with Crippen LogP contribution in [0, 0.1) is 6.92 Å². The van der Waals surface area contributed by atoms with Crippen molar-refractivity contribution in [1.82, 2.24) is 9.21 Å².